The molecule has 0 saturated carbocycles. The minimum atomic E-state index is -1.31. The van der Waals surface area contributed by atoms with Gasteiger partial charge in [0.05, 0.1) is 5.60 Å². The average Bonchev–Trinajstić information content (AvgIpc) is 1.94. The summed E-state index contributed by atoms with van der Waals surface area (Å²) in [4.78, 5) is 21.9. The molecule has 5 heteroatoms. The number of nitrogens with one attached hydrogen (secondary N) is 1. The van der Waals surface area contributed by atoms with E-state index in [4.69, 9.17) is 4.74 Å². The Bertz CT molecular complexity index is 237. The molecule has 0 aliphatic carbocycles. The lowest BCUT2D eigenvalue weighted by molar-refractivity contribution is -0.114. The molecule has 0 aromatic rings. The van der Waals surface area contributed by atoms with Gasteiger partial charge in [0.15, 0.2) is 0 Å². The van der Waals surface area contributed by atoms with Crippen LogP contribution in [0.25, 0.3) is 0 Å². The summed E-state index contributed by atoms with van der Waals surface area (Å²) in [5.41, 5.74) is -1.93. The van der Waals surface area contributed by atoms with Gasteiger partial charge >= 0.3 is 6.09 Å². The highest BCUT2D eigenvalue weighted by atomic mass is 16.6. The number of aldehydes is 1. The van der Waals surface area contributed by atoms with E-state index >= 15 is 0 Å². The summed E-state index contributed by atoms with van der Waals surface area (Å²) in [5, 5.41) is 11.8. The molecule has 1 unspecified atom stereocenters. The van der Waals surface area contributed by atoms with Gasteiger partial charge in [0, 0.05) is 0 Å². The van der Waals surface area contributed by atoms with Crippen molar-refractivity contribution >= 4 is 12.4 Å². The maximum Gasteiger partial charge on any atom is 0.408 e. The smallest absolute Gasteiger partial charge is 0.408 e. The SMILES string of the molecule is CC(C)(C)OC(=O)NC(C=O)C(C)(C)O. The molecule has 0 fully saturated rings. The van der Waals surface area contributed by atoms with Gasteiger partial charge in [0.25, 0.3) is 0 Å². The molecule has 0 aromatic carbocycles. The molecule has 1 atom stereocenters. The van der Waals surface area contributed by atoms with Gasteiger partial charge in [-0.25, -0.2) is 4.79 Å². The second-order valence-corrected chi connectivity index (χ2v) is 4.91. The fourth-order valence-corrected chi connectivity index (χ4v) is 0.812. The van der Waals surface area contributed by atoms with Crippen LogP contribution in [0.1, 0.15) is 34.6 Å². The van der Waals surface area contributed by atoms with Gasteiger partial charge in [-0.05, 0) is 34.6 Å². The normalized spacial score (nSPS) is 14.3. The Morgan fingerprint density at radius 3 is 2.07 bits per heavy atom. The lowest BCUT2D eigenvalue weighted by Crippen LogP contribution is -2.51. The Balaban J connectivity index is 4.33. The summed E-state index contributed by atoms with van der Waals surface area (Å²) in [6.07, 6.45) is -0.245. The lowest BCUT2D eigenvalue weighted by atomic mass is 10.0. The van der Waals surface area contributed by atoms with Crippen molar-refractivity contribution in [1.82, 2.24) is 5.32 Å². The van der Waals surface area contributed by atoms with Crippen LogP contribution < -0.4 is 5.32 Å². The number of carbonyl (C=O) groups excluding carboxylic acids is 2. The van der Waals surface area contributed by atoms with Gasteiger partial charge in [-0.3, -0.25) is 0 Å². The number of ether oxygens (including phenoxy) is 1. The van der Waals surface area contributed by atoms with E-state index in [-0.39, 0.29) is 0 Å². The zero-order valence-electron chi connectivity index (χ0n) is 9.83. The quantitative estimate of drug-likeness (QED) is 0.687. The van der Waals surface area contributed by atoms with Crippen molar-refractivity contribution in [3.63, 3.8) is 0 Å². The van der Waals surface area contributed by atoms with E-state index in [1.54, 1.807) is 20.8 Å². The maximum atomic E-state index is 11.3. The van der Waals surface area contributed by atoms with Gasteiger partial charge in [-0.2, -0.15) is 0 Å². The molecule has 15 heavy (non-hydrogen) atoms. The number of amides is 1. The van der Waals surface area contributed by atoms with Crippen molar-refractivity contribution in [3.05, 3.63) is 0 Å². The molecule has 0 rings (SSSR count). The molecule has 88 valence electrons. The van der Waals surface area contributed by atoms with E-state index in [0.29, 0.717) is 6.29 Å². The highest BCUT2D eigenvalue weighted by Crippen LogP contribution is 2.10. The third-order valence-electron chi connectivity index (χ3n) is 1.57. The number of hydrogen-bond acceptors (Lipinski definition) is 4. The molecule has 0 bridgehead atoms. The zero-order chi connectivity index (χ0) is 12.3. The third kappa shape index (κ3) is 6.06. The van der Waals surface area contributed by atoms with Crippen LogP contribution in [-0.4, -0.2) is 34.7 Å². The summed E-state index contributed by atoms with van der Waals surface area (Å²) >= 11 is 0. The molecule has 2 N–H and O–H groups in total. The first kappa shape index (κ1) is 13.9. The molecule has 0 saturated heterocycles. The molecule has 0 aliphatic rings. The molecular weight excluding hydrogens is 198 g/mol. The summed E-state index contributed by atoms with van der Waals surface area (Å²) in [7, 11) is 0. The standard InChI is InChI=1S/C10H19NO4/c1-9(2,3)15-8(13)11-7(6-12)10(4,5)14/h6-7,14H,1-5H3,(H,11,13). The number of carbonyl (C=O) groups is 2. The third-order valence-corrected chi connectivity index (χ3v) is 1.57. The Labute approximate surface area is 89.8 Å². The second kappa shape index (κ2) is 4.61. The molecule has 0 aliphatic heterocycles. The molecule has 5 nitrogen and oxygen atoms in total. The van der Waals surface area contributed by atoms with Gasteiger partial charge in [0.2, 0.25) is 0 Å². The number of rotatable bonds is 3. The highest BCUT2D eigenvalue weighted by Gasteiger charge is 2.29. The Morgan fingerprint density at radius 2 is 1.80 bits per heavy atom. The van der Waals surface area contributed by atoms with Gasteiger partial charge in [-0.15, -0.1) is 0 Å². The monoisotopic (exact) mass is 217 g/mol. The number of alkyl carbamates (subject to hydrolysis) is 1. The van der Waals surface area contributed by atoms with Gasteiger partial charge < -0.3 is 20.0 Å². The van der Waals surface area contributed by atoms with Crippen LogP contribution in [0.4, 0.5) is 4.79 Å². The molecule has 0 heterocycles. The van der Waals surface area contributed by atoms with Gasteiger partial charge in [-0.1, -0.05) is 0 Å². The average molecular weight is 217 g/mol. The Kier molecular flexibility index (Phi) is 4.27. The Morgan fingerprint density at radius 1 is 1.33 bits per heavy atom. The summed E-state index contributed by atoms with van der Waals surface area (Å²) in [6.45, 7) is 8.01. The summed E-state index contributed by atoms with van der Waals surface area (Å²) in [6, 6.07) is -0.979. The largest absolute Gasteiger partial charge is 0.444 e. The maximum absolute atomic E-state index is 11.3. The fraction of sp³-hybridized carbons (Fsp3) is 0.800. The topological polar surface area (TPSA) is 75.6 Å². The summed E-state index contributed by atoms with van der Waals surface area (Å²) in [5.74, 6) is 0. The van der Waals surface area contributed by atoms with E-state index in [1.165, 1.54) is 13.8 Å². The minimum absolute atomic E-state index is 0.476. The molecule has 0 aromatic heterocycles. The van der Waals surface area contributed by atoms with E-state index < -0.39 is 23.3 Å². The number of hydrogen-bond donors (Lipinski definition) is 2. The second-order valence-electron chi connectivity index (χ2n) is 4.91. The van der Waals surface area contributed by atoms with Crippen molar-refractivity contribution in [1.29, 1.82) is 0 Å². The molecule has 0 radical (unpaired) electrons. The lowest BCUT2D eigenvalue weighted by Gasteiger charge is -2.27. The van der Waals surface area contributed by atoms with E-state index in [2.05, 4.69) is 5.32 Å². The molecule has 1 amide bonds. The van der Waals surface area contributed by atoms with E-state index in [1.807, 2.05) is 0 Å². The van der Waals surface area contributed by atoms with Crippen molar-refractivity contribution in [3.8, 4) is 0 Å². The first-order valence-corrected chi connectivity index (χ1v) is 4.73. The van der Waals surface area contributed by atoms with Crippen LogP contribution in [0.5, 0.6) is 0 Å². The highest BCUT2D eigenvalue weighted by molar-refractivity contribution is 5.74. The van der Waals surface area contributed by atoms with E-state index in [0.717, 1.165) is 0 Å². The molecular formula is C10H19NO4. The van der Waals surface area contributed by atoms with Crippen LogP contribution >= 0.6 is 0 Å². The zero-order valence-corrected chi connectivity index (χ0v) is 9.83. The van der Waals surface area contributed by atoms with Crippen LogP contribution in [0.2, 0.25) is 0 Å². The fourth-order valence-electron chi connectivity index (χ4n) is 0.812. The van der Waals surface area contributed by atoms with Crippen LogP contribution in [0.3, 0.4) is 0 Å². The number of aliphatic hydroxyl groups is 1. The van der Waals surface area contributed by atoms with Crippen molar-refractivity contribution < 1.29 is 19.4 Å². The van der Waals surface area contributed by atoms with Crippen LogP contribution in [-0.2, 0) is 9.53 Å². The van der Waals surface area contributed by atoms with E-state index in [9.17, 15) is 14.7 Å². The van der Waals surface area contributed by atoms with Crippen molar-refractivity contribution in [2.75, 3.05) is 0 Å². The summed E-state index contributed by atoms with van der Waals surface area (Å²) < 4.78 is 4.95. The van der Waals surface area contributed by atoms with Crippen molar-refractivity contribution in [2.45, 2.75) is 51.9 Å². The van der Waals surface area contributed by atoms with Crippen molar-refractivity contribution in [2.24, 2.45) is 0 Å². The van der Waals surface area contributed by atoms with Crippen LogP contribution in [0.15, 0.2) is 0 Å². The van der Waals surface area contributed by atoms with Gasteiger partial charge in [0.1, 0.15) is 17.9 Å². The predicted octanol–water partition coefficient (Wildman–Crippen LogP) is 0.849. The Hall–Kier alpha value is -1.10. The first-order chi connectivity index (χ1) is 6.56. The van der Waals surface area contributed by atoms with Crippen LogP contribution in [0, 0.1) is 0 Å². The first-order valence-electron chi connectivity index (χ1n) is 4.73. The molecule has 0 spiro atoms. The predicted molar refractivity (Wildman–Crippen MR) is 55.5 cm³/mol. The minimum Gasteiger partial charge on any atom is -0.444 e.